The predicted octanol–water partition coefficient (Wildman–Crippen LogP) is 4.42. The summed E-state index contributed by atoms with van der Waals surface area (Å²) >= 11 is 7.16. The van der Waals surface area contributed by atoms with Gasteiger partial charge in [-0.3, -0.25) is 4.79 Å². The van der Waals surface area contributed by atoms with Gasteiger partial charge < -0.3 is 5.32 Å². The third-order valence-corrected chi connectivity index (χ3v) is 9.16. The highest BCUT2D eigenvalue weighted by Crippen LogP contribution is 2.35. The number of hydrogen-bond donors (Lipinski definition) is 1. The van der Waals surface area contributed by atoms with Crippen LogP contribution in [0.1, 0.15) is 55.9 Å². The van der Waals surface area contributed by atoms with Gasteiger partial charge in [-0.15, -0.1) is 10.2 Å². The predicted molar refractivity (Wildman–Crippen MR) is 117 cm³/mol. The van der Waals surface area contributed by atoms with Gasteiger partial charge in [0, 0.05) is 24.9 Å². The van der Waals surface area contributed by atoms with Crippen LogP contribution in [0.4, 0.5) is 9.52 Å². The molecule has 0 radical (unpaired) electrons. The molecule has 1 saturated heterocycles. The van der Waals surface area contributed by atoms with Crippen molar-refractivity contribution in [2.45, 2.75) is 55.8 Å². The van der Waals surface area contributed by atoms with E-state index in [1.165, 1.54) is 41.0 Å². The quantitative estimate of drug-likeness (QED) is 0.675. The van der Waals surface area contributed by atoms with Crippen LogP contribution >= 0.6 is 22.9 Å². The van der Waals surface area contributed by atoms with E-state index < -0.39 is 15.8 Å². The number of amides is 1. The van der Waals surface area contributed by atoms with Crippen LogP contribution in [0.25, 0.3) is 0 Å². The lowest BCUT2D eigenvalue weighted by molar-refractivity contribution is -0.120. The van der Waals surface area contributed by atoms with Crippen molar-refractivity contribution in [1.82, 2.24) is 14.5 Å². The molecule has 0 bridgehead atoms. The maximum Gasteiger partial charge on any atom is 0.243 e. The summed E-state index contributed by atoms with van der Waals surface area (Å²) in [7, 11) is -3.79. The molecule has 1 aliphatic heterocycles. The van der Waals surface area contributed by atoms with Crippen LogP contribution in [0, 0.1) is 11.7 Å². The minimum atomic E-state index is -3.79. The topological polar surface area (TPSA) is 92.3 Å². The number of nitrogens with one attached hydrogen (secondary N) is 1. The average Bonchev–Trinajstić information content (AvgIpc) is 3.24. The van der Waals surface area contributed by atoms with Crippen LogP contribution in [0.2, 0.25) is 5.02 Å². The molecule has 2 heterocycles. The lowest BCUT2D eigenvalue weighted by Crippen LogP contribution is -2.41. The Morgan fingerprint density at radius 1 is 1.13 bits per heavy atom. The van der Waals surface area contributed by atoms with Crippen LogP contribution in [-0.4, -0.2) is 41.9 Å². The number of halogens is 2. The van der Waals surface area contributed by atoms with E-state index in [-0.39, 0.29) is 34.8 Å². The van der Waals surface area contributed by atoms with E-state index in [1.807, 2.05) is 0 Å². The lowest BCUT2D eigenvalue weighted by atomic mass is 9.90. The molecule has 0 unspecified atom stereocenters. The fourth-order valence-electron chi connectivity index (χ4n) is 4.15. The Hall–Kier alpha value is -1.62. The van der Waals surface area contributed by atoms with Crippen molar-refractivity contribution in [3.8, 4) is 0 Å². The molecule has 1 N–H and O–H groups in total. The first-order chi connectivity index (χ1) is 14.8. The van der Waals surface area contributed by atoms with E-state index in [0.29, 0.717) is 23.9 Å². The fourth-order valence-corrected chi connectivity index (χ4v) is 6.81. The molecular formula is C20H24ClFN4O3S2. The highest BCUT2D eigenvalue weighted by atomic mass is 35.5. The summed E-state index contributed by atoms with van der Waals surface area (Å²) < 4.78 is 40.3. The third-order valence-electron chi connectivity index (χ3n) is 5.98. The van der Waals surface area contributed by atoms with E-state index in [2.05, 4.69) is 15.5 Å². The molecule has 1 aliphatic carbocycles. The number of aromatic nitrogens is 2. The summed E-state index contributed by atoms with van der Waals surface area (Å²) in [6, 6.07) is 3.36. The molecule has 0 spiro atoms. The molecule has 2 aliphatic rings. The summed E-state index contributed by atoms with van der Waals surface area (Å²) in [5, 5.41) is 12.5. The summed E-state index contributed by atoms with van der Waals surface area (Å²) in [6.07, 6.45) is 6.71. The zero-order chi connectivity index (χ0) is 22.0. The molecule has 1 aromatic heterocycles. The van der Waals surface area contributed by atoms with Crippen molar-refractivity contribution in [3.63, 3.8) is 0 Å². The Kier molecular flexibility index (Phi) is 6.90. The largest absolute Gasteiger partial charge is 0.300 e. The molecule has 1 saturated carbocycles. The Labute approximate surface area is 190 Å². The van der Waals surface area contributed by atoms with Crippen molar-refractivity contribution >= 4 is 44.0 Å². The molecular weight excluding hydrogens is 463 g/mol. The van der Waals surface area contributed by atoms with E-state index in [1.54, 1.807) is 0 Å². The molecule has 31 heavy (non-hydrogen) atoms. The van der Waals surface area contributed by atoms with Crippen molar-refractivity contribution in [1.29, 1.82) is 0 Å². The number of hydrogen-bond acceptors (Lipinski definition) is 6. The molecule has 4 rings (SSSR count). The monoisotopic (exact) mass is 486 g/mol. The second kappa shape index (κ2) is 9.48. The van der Waals surface area contributed by atoms with Crippen molar-refractivity contribution in [2.75, 3.05) is 18.4 Å². The smallest absolute Gasteiger partial charge is 0.243 e. The van der Waals surface area contributed by atoms with Crippen LogP contribution in [0.5, 0.6) is 0 Å². The Morgan fingerprint density at radius 2 is 1.84 bits per heavy atom. The molecule has 2 fully saturated rings. The highest BCUT2D eigenvalue weighted by molar-refractivity contribution is 7.89. The van der Waals surface area contributed by atoms with Gasteiger partial charge in [0.2, 0.25) is 21.1 Å². The van der Waals surface area contributed by atoms with Gasteiger partial charge in [0.05, 0.1) is 9.92 Å². The normalized spacial score (nSPS) is 19.4. The van der Waals surface area contributed by atoms with Gasteiger partial charge in [-0.1, -0.05) is 42.2 Å². The number of benzene rings is 1. The van der Waals surface area contributed by atoms with Crippen LogP contribution < -0.4 is 5.32 Å². The zero-order valence-corrected chi connectivity index (χ0v) is 19.3. The number of piperidine rings is 1. The van der Waals surface area contributed by atoms with Crippen LogP contribution in [-0.2, 0) is 14.8 Å². The molecule has 1 amide bonds. The molecule has 11 heteroatoms. The first-order valence-corrected chi connectivity index (χ1v) is 13.1. The van der Waals surface area contributed by atoms with E-state index >= 15 is 0 Å². The second-order valence-corrected chi connectivity index (χ2v) is 11.4. The van der Waals surface area contributed by atoms with E-state index in [0.717, 1.165) is 30.0 Å². The summed E-state index contributed by atoms with van der Waals surface area (Å²) in [5.74, 6) is -0.692. The Morgan fingerprint density at radius 3 is 2.52 bits per heavy atom. The number of anilines is 1. The minimum Gasteiger partial charge on any atom is -0.300 e. The van der Waals surface area contributed by atoms with Gasteiger partial charge in [-0.25, -0.2) is 12.8 Å². The fraction of sp³-hybridized carbons (Fsp3) is 0.550. The maximum absolute atomic E-state index is 13.4. The summed E-state index contributed by atoms with van der Waals surface area (Å²) in [5.41, 5.74) is 0. The van der Waals surface area contributed by atoms with Crippen LogP contribution in [0.15, 0.2) is 23.1 Å². The number of carbonyl (C=O) groups is 1. The number of rotatable bonds is 5. The summed E-state index contributed by atoms with van der Waals surface area (Å²) in [4.78, 5) is 12.6. The minimum absolute atomic E-state index is 0.0501. The van der Waals surface area contributed by atoms with Gasteiger partial charge in [-0.05, 0) is 43.9 Å². The number of carbonyl (C=O) groups excluding carboxylic acids is 1. The van der Waals surface area contributed by atoms with E-state index in [9.17, 15) is 17.6 Å². The zero-order valence-electron chi connectivity index (χ0n) is 16.9. The lowest BCUT2D eigenvalue weighted by Gasteiger charge is -2.30. The van der Waals surface area contributed by atoms with Crippen molar-refractivity contribution in [3.05, 3.63) is 34.0 Å². The van der Waals surface area contributed by atoms with Gasteiger partial charge in [0.25, 0.3) is 0 Å². The Bertz CT molecular complexity index is 1050. The first-order valence-electron chi connectivity index (χ1n) is 10.4. The SMILES string of the molecule is O=C(Nc1nnc(C2CCCCC2)s1)C1CCN(S(=O)(=O)c2ccc(F)c(Cl)c2)CC1. The number of sulfonamides is 1. The standard InChI is InChI=1S/C20H24ClFN4O3S2/c21-16-12-15(6-7-17(16)22)31(28,29)26-10-8-13(9-11-26)18(27)23-20-25-24-19(30-20)14-4-2-1-3-5-14/h6-7,12-14H,1-5,8-11H2,(H,23,25,27). The molecule has 168 valence electrons. The molecule has 7 nitrogen and oxygen atoms in total. The highest BCUT2D eigenvalue weighted by Gasteiger charge is 2.33. The van der Waals surface area contributed by atoms with Gasteiger partial charge in [0.1, 0.15) is 10.8 Å². The molecule has 1 aromatic carbocycles. The van der Waals surface area contributed by atoms with Gasteiger partial charge in [-0.2, -0.15) is 4.31 Å². The van der Waals surface area contributed by atoms with Gasteiger partial charge >= 0.3 is 0 Å². The van der Waals surface area contributed by atoms with E-state index in [4.69, 9.17) is 11.6 Å². The van der Waals surface area contributed by atoms with Crippen molar-refractivity contribution in [2.24, 2.45) is 5.92 Å². The second-order valence-electron chi connectivity index (χ2n) is 8.02. The van der Waals surface area contributed by atoms with Crippen LogP contribution in [0.3, 0.4) is 0 Å². The third kappa shape index (κ3) is 5.08. The van der Waals surface area contributed by atoms with Crippen molar-refractivity contribution < 1.29 is 17.6 Å². The number of nitrogens with zero attached hydrogens (tertiary/aromatic N) is 3. The van der Waals surface area contributed by atoms with Gasteiger partial charge in [0.15, 0.2) is 0 Å². The molecule has 2 aromatic rings. The first kappa shape index (κ1) is 22.6. The summed E-state index contributed by atoms with van der Waals surface area (Å²) in [6.45, 7) is 0.414. The maximum atomic E-state index is 13.4. The average molecular weight is 487 g/mol. The Balaban J connectivity index is 1.33. The molecule has 0 atom stereocenters.